The van der Waals surface area contributed by atoms with E-state index in [0.717, 1.165) is 19.3 Å². The molecule has 0 heterocycles. The molecule has 5 nitrogen and oxygen atoms in total. The average molecular weight is 256 g/mol. The maximum absolute atomic E-state index is 11.8. The van der Waals surface area contributed by atoms with Gasteiger partial charge in [-0.1, -0.05) is 33.1 Å². The molecule has 0 aliphatic heterocycles. The second-order valence-corrected chi connectivity index (χ2v) is 5.42. The van der Waals surface area contributed by atoms with Crippen molar-refractivity contribution in [1.82, 2.24) is 5.32 Å². The molecule has 2 atom stereocenters. The zero-order valence-electron chi connectivity index (χ0n) is 11.2. The van der Waals surface area contributed by atoms with Crippen molar-refractivity contribution in [3.63, 3.8) is 0 Å². The molecule has 4 N–H and O–H groups in total. The van der Waals surface area contributed by atoms with Crippen molar-refractivity contribution in [3.8, 4) is 0 Å². The molecule has 0 saturated heterocycles. The van der Waals surface area contributed by atoms with Gasteiger partial charge in [-0.05, 0) is 18.8 Å². The van der Waals surface area contributed by atoms with Gasteiger partial charge in [0.25, 0.3) is 0 Å². The lowest BCUT2D eigenvalue weighted by Crippen LogP contribution is -2.49. The third kappa shape index (κ3) is 3.22. The Labute approximate surface area is 108 Å². The second-order valence-electron chi connectivity index (χ2n) is 5.42. The first-order valence-electron chi connectivity index (χ1n) is 6.69. The summed E-state index contributed by atoms with van der Waals surface area (Å²) in [6.07, 6.45) is 3.94. The highest BCUT2D eigenvalue weighted by Crippen LogP contribution is 2.37. The smallest absolute Gasteiger partial charge is 0.311 e. The van der Waals surface area contributed by atoms with Gasteiger partial charge in [0.05, 0.1) is 11.5 Å². The van der Waals surface area contributed by atoms with Gasteiger partial charge in [-0.25, -0.2) is 0 Å². The van der Waals surface area contributed by atoms with Crippen molar-refractivity contribution >= 4 is 11.9 Å². The number of hydrogen-bond donors (Lipinski definition) is 3. The van der Waals surface area contributed by atoms with Crippen LogP contribution in [-0.4, -0.2) is 29.6 Å². The predicted molar refractivity (Wildman–Crippen MR) is 69.0 cm³/mol. The molecule has 18 heavy (non-hydrogen) atoms. The highest BCUT2D eigenvalue weighted by atomic mass is 16.4. The fourth-order valence-electron chi connectivity index (χ4n) is 2.40. The Morgan fingerprint density at radius 3 is 2.39 bits per heavy atom. The Hall–Kier alpha value is -1.10. The third-order valence-corrected chi connectivity index (χ3v) is 4.18. The van der Waals surface area contributed by atoms with Gasteiger partial charge in [0, 0.05) is 6.54 Å². The predicted octanol–water partition coefficient (Wildman–Crippen LogP) is 1.12. The van der Waals surface area contributed by atoms with E-state index in [0.29, 0.717) is 12.8 Å². The topological polar surface area (TPSA) is 92.4 Å². The van der Waals surface area contributed by atoms with Crippen LogP contribution >= 0.6 is 0 Å². The van der Waals surface area contributed by atoms with Crippen molar-refractivity contribution < 1.29 is 14.7 Å². The molecule has 0 aromatic rings. The van der Waals surface area contributed by atoms with Crippen molar-refractivity contribution in [2.24, 2.45) is 17.1 Å². The maximum Gasteiger partial charge on any atom is 0.311 e. The zero-order valence-corrected chi connectivity index (χ0v) is 11.2. The summed E-state index contributed by atoms with van der Waals surface area (Å²) in [5.41, 5.74) is 5.04. The summed E-state index contributed by atoms with van der Waals surface area (Å²) in [6.45, 7) is 4.10. The zero-order chi connectivity index (χ0) is 13.8. The minimum absolute atomic E-state index is 0.106. The number of hydrogen-bond acceptors (Lipinski definition) is 3. The summed E-state index contributed by atoms with van der Waals surface area (Å²) in [6, 6.07) is -0.553. The SMILES string of the molecule is CCC(C)C(N)C(=O)NCC1(C(=O)O)CCCC1. The summed E-state index contributed by atoms with van der Waals surface area (Å²) < 4.78 is 0. The van der Waals surface area contributed by atoms with E-state index in [9.17, 15) is 14.7 Å². The summed E-state index contributed by atoms with van der Waals surface area (Å²) in [7, 11) is 0. The van der Waals surface area contributed by atoms with Crippen LogP contribution in [-0.2, 0) is 9.59 Å². The maximum atomic E-state index is 11.8. The number of carboxylic acid groups (broad SMARTS) is 1. The lowest BCUT2D eigenvalue weighted by molar-refractivity contribution is -0.148. The molecule has 0 spiro atoms. The number of amides is 1. The molecule has 1 saturated carbocycles. The summed E-state index contributed by atoms with van der Waals surface area (Å²) in [5.74, 6) is -0.941. The van der Waals surface area contributed by atoms with Crippen LogP contribution in [0, 0.1) is 11.3 Å². The average Bonchev–Trinajstić information content (AvgIpc) is 2.84. The van der Waals surface area contributed by atoms with Crippen LogP contribution in [0.4, 0.5) is 0 Å². The van der Waals surface area contributed by atoms with E-state index < -0.39 is 17.4 Å². The number of carbonyl (C=O) groups excluding carboxylic acids is 1. The van der Waals surface area contributed by atoms with Gasteiger partial charge in [-0.3, -0.25) is 9.59 Å². The molecule has 0 aromatic carbocycles. The Bertz CT molecular complexity index is 311. The number of nitrogens with two attached hydrogens (primary N) is 1. The second kappa shape index (κ2) is 6.18. The molecule has 1 rings (SSSR count). The minimum atomic E-state index is -0.808. The van der Waals surface area contributed by atoms with E-state index in [-0.39, 0.29) is 18.4 Å². The fourth-order valence-corrected chi connectivity index (χ4v) is 2.40. The van der Waals surface area contributed by atoms with Crippen LogP contribution in [0.1, 0.15) is 46.0 Å². The molecule has 0 bridgehead atoms. The highest BCUT2D eigenvalue weighted by Gasteiger charge is 2.41. The summed E-state index contributed by atoms with van der Waals surface area (Å²) >= 11 is 0. The lowest BCUT2D eigenvalue weighted by Gasteiger charge is -2.26. The van der Waals surface area contributed by atoms with Crippen molar-refractivity contribution in [2.45, 2.75) is 52.0 Å². The standard InChI is InChI=1S/C13H24N2O3/c1-3-9(2)10(14)11(16)15-8-13(12(17)18)6-4-5-7-13/h9-10H,3-8,14H2,1-2H3,(H,15,16)(H,17,18). The number of carboxylic acids is 1. The van der Waals surface area contributed by atoms with Crippen LogP contribution in [0.15, 0.2) is 0 Å². The molecule has 104 valence electrons. The quantitative estimate of drug-likeness (QED) is 0.664. The summed E-state index contributed by atoms with van der Waals surface area (Å²) in [4.78, 5) is 23.1. The molecular formula is C13H24N2O3. The molecule has 5 heteroatoms. The minimum Gasteiger partial charge on any atom is -0.481 e. The van der Waals surface area contributed by atoms with Crippen LogP contribution in [0.25, 0.3) is 0 Å². The van der Waals surface area contributed by atoms with Gasteiger partial charge in [0.2, 0.25) is 5.91 Å². The van der Waals surface area contributed by atoms with Gasteiger partial charge in [0.1, 0.15) is 0 Å². The van der Waals surface area contributed by atoms with E-state index in [1.165, 1.54) is 0 Å². The van der Waals surface area contributed by atoms with Gasteiger partial charge in [-0.15, -0.1) is 0 Å². The van der Waals surface area contributed by atoms with Crippen LogP contribution in [0.3, 0.4) is 0 Å². The Kier molecular flexibility index (Phi) is 5.14. The lowest BCUT2D eigenvalue weighted by atomic mass is 9.86. The van der Waals surface area contributed by atoms with E-state index >= 15 is 0 Å². The number of rotatable bonds is 6. The van der Waals surface area contributed by atoms with Crippen molar-refractivity contribution in [3.05, 3.63) is 0 Å². The van der Waals surface area contributed by atoms with E-state index in [1.807, 2.05) is 13.8 Å². The largest absolute Gasteiger partial charge is 0.481 e. The first-order valence-corrected chi connectivity index (χ1v) is 6.69. The normalized spacial score (nSPS) is 21.3. The molecule has 2 unspecified atom stereocenters. The Balaban J connectivity index is 2.53. The first kappa shape index (κ1) is 15.0. The molecule has 1 fully saturated rings. The van der Waals surface area contributed by atoms with Gasteiger partial charge in [-0.2, -0.15) is 0 Å². The van der Waals surface area contributed by atoms with E-state index in [4.69, 9.17) is 5.73 Å². The summed E-state index contributed by atoms with van der Waals surface area (Å²) in [5, 5.41) is 12.0. The van der Waals surface area contributed by atoms with Crippen LogP contribution < -0.4 is 11.1 Å². The number of aliphatic carboxylic acids is 1. The monoisotopic (exact) mass is 256 g/mol. The first-order chi connectivity index (χ1) is 8.43. The number of nitrogens with one attached hydrogen (secondary N) is 1. The third-order valence-electron chi connectivity index (χ3n) is 4.18. The van der Waals surface area contributed by atoms with Crippen LogP contribution in [0.5, 0.6) is 0 Å². The molecule has 1 aliphatic carbocycles. The Morgan fingerprint density at radius 1 is 1.39 bits per heavy atom. The van der Waals surface area contributed by atoms with Crippen molar-refractivity contribution in [2.75, 3.05) is 6.54 Å². The highest BCUT2D eigenvalue weighted by molar-refractivity contribution is 5.83. The van der Waals surface area contributed by atoms with Gasteiger partial charge in [0.15, 0.2) is 0 Å². The van der Waals surface area contributed by atoms with E-state index in [2.05, 4.69) is 5.32 Å². The van der Waals surface area contributed by atoms with Gasteiger partial charge >= 0.3 is 5.97 Å². The van der Waals surface area contributed by atoms with Gasteiger partial charge < -0.3 is 16.2 Å². The number of carbonyl (C=O) groups is 2. The molecule has 0 aromatic heterocycles. The van der Waals surface area contributed by atoms with Crippen molar-refractivity contribution in [1.29, 1.82) is 0 Å². The molecular weight excluding hydrogens is 232 g/mol. The Morgan fingerprint density at radius 2 is 1.94 bits per heavy atom. The molecule has 1 aliphatic rings. The van der Waals surface area contributed by atoms with E-state index in [1.54, 1.807) is 0 Å². The molecule has 0 radical (unpaired) electrons. The van der Waals surface area contributed by atoms with Crippen LogP contribution in [0.2, 0.25) is 0 Å². The molecule has 1 amide bonds. The fraction of sp³-hybridized carbons (Fsp3) is 0.846.